The number of amides is 2. The zero-order chi connectivity index (χ0) is 25.2. The van der Waals surface area contributed by atoms with E-state index in [-0.39, 0.29) is 11.8 Å². The first-order valence-corrected chi connectivity index (χ1v) is 10.9. The van der Waals surface area contributed by atoms with E-state index in [1.165, 1.54) is 19.2 Å². The Morgan fingerprint density at radius 1 is 0.943 bits per heavy atom. The number of aryl methyl sites for hydroxylation is 1. The molecule has 35 heavy (non-hydrogen) atoms. The summed E-state index contributed by atoms with van der Waals surface area (Å²) in [6, 6.07) is 15.2. The second kappa shape index (κ2) is 9.69. The minimum atomic E-state index is -4.44. The molecule has 4 rings (SSSR count). The quantitative estimate of drug-likeness (QED) is 0.468. The topological polar surface area (TPSA) is 76.7 Å². The van der Waals surface area contributed by atoms with Crippen molar-refractivity contribution in [3.63, 3.8) is 0 Å². The number of anilines is 1. The molecule has 9 heteroatoms. The fourth-order valence-corrected chi connectivity index (χ4v) is 4.19. The number of benzene rings is 3. The summed E-state index contributed by atoms with van der Waals surface area (Å²) in [7, 11) is 1.31. The molecule has 0 fully saturated rings. The van der Waals surface area contributed by atoms with E-state index in [1.54, 1.807) is 31.2 Å². The van der Waals surface area contributed by atoms with Crippen molar-refractivity contribution in [1.82, 2.24) is 5.32 Å². The minimum Gasteiger partial charge on any atom is -0.453 e. The number of rotatable bonds is 4. The van der Waals surface area contributed by atoms with Crippen LogP contribution in [0.15, 0.2) is 60.7 Å². The summed E-state index contributed by atoms with van der Waals surface area (Å²) >= 11 is 0. The van der Waals surface area contributed by atoms with Gasteiger partial charge in [-0.1, -0.05) is 30.3 Å². The van der Waals surface area contributed by atoms with E-state index in [0.29, 0.717) is 29.7 Å². The van der Waals surface area contributed by atoms with Crippen molar-refractivity contribution in [1.29, 1.82) is 0 Å². The lowest BCUT2D eigenvalue weighted by Crippen LogP contribution is -2.35. The van der Waals surface area contributed by atoms with E-state index in [9.17, 15) is 22.8 Å². The van der Waals surface area contributed by atoms with Crippen molar-refractivity contribution in [2.75, 3.05) is 12.4 Å². The number of nitrogens with one attached hydrogen (secondary N) is 2. The van der Waals surface area contributed by atoms with Crippen molar-refractivity contribution < 1.29 is 32.2 Å². The van der Waals surface area contributed by atoms with Gasteiger partial charge in [-0.2, -0.15) is 13.2 Å². The molecule has 0 aromatic heterocycles. The van der Waals surface area contributed by atoms with E-state index in [0.717, 1.165) is 28.8 Å². The van der Waals surface area contributed by atoms with Gasteiger partial charge in [-0.05, 0) is 72.4 Å². The molecule has 0 aliphatic heterocycles. The van der Waals surface area contributed by atoms with E-state index >= 15 is 0 Å². The summed E-state index contributed by atoms with van der Waals surface area (Å²) in [6.07, 6.45) is -4.40. The van der Waals surface area contributed by atoms with E-state index in [2.05, 4.69) is 15.4 Å². The van der Waals surface area contributed by atoms with Crippen LogP contribution in [0.3, 0.4) is 0 Å². The smallest absolute Gasteiger partial charge is 0.417 e. The molecule has 0 radical (unpaired) electrons. The summed E-state index contributed by atoms with van der Waals surface area (Å²) in [5.74, 6) is 0.228. The molecule has 0 saturated heterocycles. The molecule has 6 nitrogen and oxygen atoms in total. The number of carbonyl (C=O) groups excluding carboxylic acids is 2. The van der Waals surface area contributed by atoms with Crippen LogP contribution in [0.1, 0.15) is 22.3 Å². The third-order valence-corrected chi connectivity index (χ3v) is 5.83. The summed E-state index contributed by atoms with van der Waals surface area (Å²) in [5.41, 5.74) is 3.60. The first-order chi connectivity index (χ1) is 16.6. The first-order valence-electron chi connectivity index (χ1n) is 10.9. The molecule has 0 spiro atoms. The number of methoxy groups -OCH3 is 1. The van der Waals surface area contributed by atoms with Crippen LogP contribution in [0.4, 0.5) is 28.4 Å². The van der Waals surface area contributed by atoms with Crippen LogP contribution in [-0.2, 0) is 23.8 Å². The Morgan fingerprint density at radius 3 is 2.34 bits per heavy atom. The van der Waals surface area contributed by atoms with Gasteiger partial charge < -0.3 is 14.8 Å². The highest BCUT2D eigenvalue weighted by Crippen LogP contribution is 2.36. The van der Waals surface area contributed by atoms with Gasteiger partial charge in [-0.15, -0.1) is 0 Å². The number of carbonyl (C=O) groups is 2. The number of hydrogen-bond acceptors (Lipinski definition) is 4. The summed E-state index contributed by atoms with van der Waals surface area (Å²) in [5, 5.41) is 5.46. The fourth-order valence-electron chi connectivity index (χ4n) is 4.19. The third-order valence-electron chi connectivity index (χ3n) is 5.83. The lowest BCUT2D eigenvalue weighted by Gasteiger charge is -2.15. The van der Waals surface area contributed by atoms with Crippen molar-refractivity contribution in [3.05, 3.63) is 82.9 Å². The van der Waals surface area contributed by atoms with Crippen LogP contribution >= 0.6 is 0 Å². The van der Waals surface area contributed by atoms with Crippen LogP contribution in [0, 0.1) is 6.92 Å². The summed E-state index contributed by atoms with van der Waals surface area (Å²) in [4.78, 5) is 24.1. The first kappa shape index (κ1) is 24.1. The Balaban J connectivity index is 1.48. The molecule has 2 N–H and O–H groups in total. The van der Waals surface area contributed by atoms with Crippen LogP contribution < -0.4 is 15.4 Å². The highest BCUT2D eigenvalue weighted by Gasteiger charge is 2.30. The Labute approximate surface area is 200 Å². The van der Waals surface area contributed by atoms with Gasteiger partial charge in [0.1, 0.15) is 5.75 Å². The predicted molar refractivity (Wildman–Crippen MR) is 124 cm³/mol. The maximum Gasteiger partial charge on any atom is 0.417 e. The number of ether oxygens (including phenoxy) is 2. The molecule has 182 valence electrons. The Kier molecular flexibility index (Phi) is 6.68. The molecule has 0 bridgehead atoms. The number of fused-ring (bicyclic) bond motifs is 1. The largest absolute Gasteiger partial charge is 0.453 e. The maximum absolute atomic E-state index is 12.9. The van der Waals surface area contributed by atoms with Crippen molar-refractivity contribution >= 4 is 17.9 Å². The van der Waals surface area contributed by atoms with Gasteiger partial charge in [0.2, 0.25) is 0 Å². The lowest BCUT2D eigenvalue weighted by molar-refractivity contribution is -0.137. The molecule has 0 unspecified atom stereocenters. The van der Waals surface area contributed by atoms with Crippen molar-refractivity contribution in [2.45, 2.75) is 32.0 Å². The van der Waals surface area contributed by atoms with Gasteiger partial charge in [0.05, 0.1) is 12.7 Å². The van der Waals surface area contributed by atoms with Crippen LogP contribution in [0.25, 0.3) is 11.1 Å². The Hall–Kier alpha value is -4.01. The lowest BCUT2D eigenvalue weighted by atomic mass is 9.98. The molecule has 3 aromatic carbocycles. The van der Waals surface area contributed by atoms with E-state index in [1.807, 2.05) is 12.1 Å². The van der Waals surface area contributed by atoms with Gasteiger partial charge >= 0.3 is 18.4 Å². The third kappa shape index (κ3) is 5.56. The zero-order valence-corrected chi connectivity index (χ0v) is 19.0. The van der Waals surface area contributed by atoms with Gasteiger partial charge in [0.25, 0.3) is 0 Å². The number of hydrogen-bond donors (Lipinski definition) is 2. The average Bonchev–Trinajstić information content (AvgIpc) is 3.20. The van der Waals surface area contributed by atoms with Gasteiger partial charge in [-0.25, -0.2) is 9.59 Å². The predicted octanol–water partition coefficient (Wildman–Crippen LogP) is 6.11. The molecule has 0 heterocycles. The molecule has 2 amide bonds. The monoisotopic (exact) mass is 484 g/mol. The number of halogens is 3. The maximum atomic E-state index is 12.9. The summed E-state index contributed by atoms with van der Waals surface area (Å²) in [6.45, 7) is 1.79. The standard InChI is InChI=1S/C26H23F3N2O4/c1-15-4-3-5-22(23(15)16-6-9-19(10-7-16)26(27,28)29)35-25(33)30-20-11-8-17-12-21(14-18(17)13-20)31-24(32)34-2/h3-11,13,21H,12,14H2,1-2H3,(H,30,33)(H,31,32)/t21-/m0/s1. The van der Waals surface area contributed by atoms with Crippen molar-refractivity contribution in [2.24, 2.45) is 0 Å². The average molecular weight is 484 g/mol. The molecule has 3 aromatic rings. The molecule has 1 aliphatic carbocycles. The van der Waals surface area contributed by atoms with Gasteiger partial charge in [0.15, 0.2) is 0 Å². The number of alkyl halides is 3. The van der Waals surface area contributed by atoms with E-state index in [4.69, 9.17) is 4.74 Å². The second-order valence-corrected chi connectivity index (χ2v) is 8.26. The molecule has 0 saturated carbocycles. The zero-order valence-electron chi connectivity index (χ0n) is 19.0. The van der Waals surface area contributed by atoms with Gasteiger partial charge in [-0.3, -0.25) is 5.32 Å². The normalized spacial score (nSPS) is 14.7. The van der Waals surface area contributed by atoms with Crippen molar-refractivity contribution in [3.8, 4) is 16.9 Å². The molecular weight excluding hydrogens is 461 g/mol. The van der Waals surface area contributed by atoms with Gasteiger partial charge in [0, 0.05) is 17.3 Å². The van der Waals surface area contributed by atoms with Crippen LogP contribution in [-0.4, -0.2) is 25.3 Å². The molecule has 1 atom stereocenters. The highest BCUT2D eigenvalue weighted by molar-refractivity contribution is 5.88. The summed E-state index contributed by atoms with van der Waals surface area (Å²) < 4.78 is 49.0. The second-order valence-electron chi connectivity index (χ2n) is 8.26. The SMILES string of the molecule is COC(=O)N[C@H]1Cc2ccc(NC(=O)Oc3cccc(C)c3-c3ccc(C(F)(F)F)cc3)cc2C1. The molecular formula is C26H23F3N2O4. The fraction of sp³-hybridized carbons (Fsp3) is 0.231. The minimum absolute atomic E-state index is 0.0850. The van der Waals surface area contributed by atoms with E-state index < -0.39 is 23.9 Å². The Morgan fingerprint density at radius 2 is 1.66 bits per heavy atom. The molecule has 1 aliphatic rings. The van der Waals surface area contributed by atoms with Crippen LogP contribution in [0.2, 0.25) is 0 Å². The van der Waals surface area contributed by atoms with Crippen LogP contribution in [0.5, 0.6) is 5.75 Å². The highest BCUT2D eigenvalue weighted by atomic mass is 19.4. The number of alkyl carbamates (subject to hydrolysis) is 1. The Bertz CT molecular complexity index is 1260.